The van der Waals surface area contributed by atoms with Gasteiger partial charge < -0.3 is 9.64 Å². The lowest BCUT2D eigenvalue weighted by molar-refractivity contribution is -0.146. The van der Waals surface area contributed by atoms with E-state index in [2.05, 4.69) is 4.74 Å². The summed E-state index contributed by atoms with van der Waals surface area (Å²) in [5.74, 6) is -0.454. The van der Waals surface area contributed by atoms with E-state index in [4.69, 9.17) is 0 Å². The first-order valence-corrected chi connectivity index (χ1v) is 3.42. The summed E-state index contributed by atoms with van der Waals surface area (Å²) in [4.78, 5) is 22.8. The van der Waals surface area contributed by atoms with Crippen LogP contribution in [0.2, 0.25) is 0 Å². The highest BCUT2D eigenvalue weighted by molar-refractivity contribution is 5.81. The van der Waals surface area contributed by atoms with E-state index >= 15 is 0 Å². The number of methoxy groups -OCH3 is 1. The molecule has 0 unspecified atom stereocenters. The number of rotatable bonds is 3. The summed E-state index contributed by atoms with van der Waals surface area (Å²) in [6.07, 6.45) is 0.410. The van der Waals surface area contributed by atoms with E-state index < -0.39 is 5.97 Å². The maximum absolute atomic E-state index is 10.9. The predicted molar refractivity (Wildman–Crippen MR) is 39.9 cm³/mol. The molecule has 0 fully saturated rings. The Balaban J connectivity index is 3.77. The van der Waals surface area contributed by atoms with Gasteiger partial charge in [-0.05, 0) is 0 Å². The third-order valence-corrected chi connectivity index (χ3v) is 1.32. The van der Waals surface area contributed by atoms with Crippen LogP contribution in [-0.2, 0) is 14.3 Å². The van der Waals surface area contributed by atoms with Crippen LogP contribution in [0.3, 0.4) is 0 Å². The SMILES string of the molecule is CCC(=O)N(C)CC(=O)OC. The highest BCUT2D eigenvalue weighted by Crippen LogP contribution is 1.89. The number of esters is 1. The van der Waals surface area contributed by atoms with Gasteiger partial charge in [0.25, 0.3) is 0 Å². The van der Waals surface area contributed by atoms with Gasteiger partial charge in [-0.2, -0.15) is 0 Å². The van der Waals surface area contributed by atoms with Crippen molar-refractivity contribution in [3.8, 4) is 0 Å². The lowest BCUT2D eigenvalue weighted by Crippen LogP contribution is -2.31. The minimum absolute atomic E-state index is 0.0309. The van der Waals surface area contributed by atoms with E-state index in [1.165, 1.54) is 12.0 Å². The predicted octanol–water partition coefficient (Wildman–Crippen LogP) is 0.0278. The third-order valence-electron chi connectivity index (χ3n) is 1.32. The quantitative estimate of drug-likeness (QED) is 0.546. The molecule has 0 aliphatic carbocycles. The normalized spacial score (nSPS) is 9.00. The number of likely N-dealkylation sites (N-methyl/N-ethyl adjacent to an activating group) is 1. The van der Waals surface area contributed by atoms with Crippen molar-refractivity contribution in [1.82, 2.24) is 4.90 Å². The summed E-state index contributed by atoms with van der Waals surface area (Å²) < 4.78 is 4.38. The minimum atomic E-state index is -0.394. The van der Waals surface area contributed by atoms with E-state index in [1.54, 1.807) is 14.0 Å². The Hall–Kier alpha value is -1.06. The van der Waals surface area contributed by atoms with Gasteiger partial charge in [0.1, 0.15) is 6.54 Å². The van der Waals surface area contributed by atoms with Crippen LogP contribution in [0.5, 0.6) is 0 Å². The molecule has 0 aromatic heterocycles. The number of carbonyl (C=O) groups is 2. The first-order valence-electron chi connectivity index (χ1n) is 3.42. The van der Waals surface area contributed by atoms with Crippen molar-refractivity contribution in [3.05, 3.63) is 0 Å². The van der Waals surface area contributed by atoms with Crippen molar-refractivity contribution in [1.29, 1.82) is 0 Å². The van der Waals surface area contributed by atoms with Crippen molar-refractivity contribution >= 4 is 11.9 Å². The first kappa shape index (κ1) is 9.94. The standard InChI is InChI=1S/C7H13NO3/c1-4-6(9)8(2)5-7(10)11-3/h4-5H2,1-3H3. The van der Waals surface area contributed by atoms with E-state index in [1.807, 2.05) is 0 Å². The fourth-order valence-corrected chi connectivity index (χ4v) is 0.616. The van der Waals surface area contributed by atoms with Gasteiger partial charge in [0, 0.05) is 13.5 Å². The fourth-order valence-electron chi connectivity index (χ4n) is 0.616. The number of hydrogen-bond donors (Lipinski definition) is 0. The lowest BCUT2D eigenvalue weighted by atomic mass is 10.4. The van der Waals surface area contributed by atoms with Gasteiger partial charge in [0.15, 0.2) is 0 Å². The fraction of sp³-hybridized carbons (Fsp3) is 0.714. The van der Waals surface area contributed by atoms with Gasteiger partial charge in [0.2, 0.25) is 5.91 Å². The molecule has 0 atom stereocenters. The molecule has 0 heterocycles. The summed E-state index contributed by atoms with van der Waals surface area (Å²) in [7, 11) is 2.87. The van der Waals surface area contributed by atoms with Gasteiger partial charge >= 0.3 is 5.97 Å². The molecule has 0 aliphatic rings. The molecule has 0 aromatic carbocycles. The van der Waals surface area contributed by atoms with Gasteiger partial charge in [-0.15, -0.1) is 0 Å². The molecule has 1 amide bonds. The zero-order valence-corrected chi connectivity index (χ0v) is 7.09. The molecule has 0 rings (SSSR count). The Morgan fingerprint density at radius 1 is 1.45 bits per heavy atom. The molecule has 0 aliphatic heterocycles. The van der Waals surface area contributed by atoms with E-state index in [-0.39, 0.29) is 12.5 Å². The molecule has 0 radical (unpaired) electrons. The molecule has 0 spiro atoms. The summed E-state index contributed by atoms with van der Waals surface area (Å²) >= 11 is 0. The minimum Gasteiger partial charge on any atom is -0.468 e. The summed E-state index contributed by atoms with van der Waals surface area (Å²) in [5, 5.41) is 0. The second-order valence-corrected chi connectivity index (χ2v) is 2.18. The molecular weight excluding hydrogens is 146 g/mol. The zero-order chi connectivity index (χ0) is 8.85. The molecule has 0 N–H and O–H groups in total. The number of nitrogens with zero attached hydrogens (tertiary/aromatic N) is 1. The second kappa shape index (κ2) is 4.71. The summed E-state index contributed by atoms with van der Waals surface area (Å²) in [6, 6.07) is 0. The zero-order valence-electron chi connectivity index (χ0n) is 7.09. The van der Waals surface area contributed by atoms with Crippen LogP contribution in [-0.4, -0.2) is 37.5 Å². The molecule has 64 valence electrons. The van der Waals surface area contributed by atoms with Crippen molar-refractivity contribution in [2.45, 2.75) is 13.3 Å². The molecule has 4 nitrogen and oxygen atoms in total. The first-order chi connectivity index (χ1) is 5.11. The summed E-state index contributed by atoms with van der Waals surface area (Å²) in [5.41, 5.74) is 0. The molecule has 11 heavy (non-hydrogen) atoms. The second-order valence-electron chi connectivity index (χ2n) is 2.18. The largest absolute Gasteiger partial charge is 0.468 e. The maximum Gasteiger partial charge on any atom is 0.325 e. The molecule has 4 heteroatoms. The topological polar surface area (TPSA) is 46.6 Å². The van der Waals surface area contributed by atoms with Crippen LogP contribution in [0.15, 0.2) is 0 Å². The van der Waals surface area contributed by atoms with Crippen LogP contribution in [0, 0.1) is 0 Å². The van der Waals surface area contributed by atoms with E-state index in [0.717, 1.165) is 0 Å². The number of hydrogen-bond acceptors (Lipinski definition) is 3. The number of carbonyl (C=O) groups excluding carboxylic acids is 2. The Morgan fingerprint density at radius 2 is 2.00 bits per heavy atom. The average Bonchev–Trinajstić information content (AvgIpc) is 2.02. The molecular formula is C7H13NO3. The lowest BCUT2D eigenvalue weighted by Gasteiger charge is -2.13. The van der Waals surface area contributed by atoms with Crippen LogP contribution < -0.4 is 0 Å². The monoisotopic (exact) mass is 159 g/mol. The maximum atomic E-state index is 10.9. The highest BCUT2D eigenvalue weighted by atomic mass is 16.5. The van der Waals surface area contributed by atoms with Gasteiger partial charge in [0.05, 0.1) is 7.11 Å². The van der Waals surface area contributed by atoms with Gasteiger partial charge in [-0.1, -0.05) is 6.92 Å². The van der Waals surface area contributed by atoms with Gasteiger partial charge in [-0.3, -0.25) is 9.59 Å². The average molecular weight is 159 g/mol. The van der Waals surface area contributed by atoms with Crippen molar-refractivity contribution in [2.75, 3.05) is 20.7 Å². The Kier molecular flexibility index (Phi) is 4.26. The Labute approximate surface area is 66.1 Å². The van der Waals surface area contributed by atoms with Crippen molar-refractivity contribution in [2.24, 2.45) is 0 Å². The van der Waals surface area contributed by atoms with E-state index in [9.17, 15) is 9.59 Å². The highest BCUT2D eigenvalue weighted by Gasteiger charge is 2.09. The Morgan fingerprint density at radius 3 is 2.36 bits per heavy atom. The Bertz CT molecular complexity index is 156. The third kappa shape index (κ3) is 3.60. The van der Waals surface area contributed by atoms with Crippen LogP contribution in [0.4, 0.5) is 0 Å². The molecule has 0 aromatic rings. The van der Waals surface area contributed by atoms with Crippen molar-refractivity contribution < 1.29 is 14.3 Å². The smallest absolute Gasteiger partial charge is 0.325 e. The molecule has 0 bridgehead atoms. The number of ether oxygens (including phenoxy) is 1. The van der Waals surface area contributed by atoms with Crippen LogP contribution in [0.1, 0.15) is 13.3 Å². The van der Waals surface area contributed by atoms with Crippen molar-refractivity contribution in [3.63, 3.8) is 0 Å². The van der Waals surface area contributed by atoms with Crippen LogP contribution >= 0.6 is 0 Å². The number of amides is 1. The van der Waals surface area contributed by atoms with Crippen LogP contribution in [0.25, 0.3) is 0 Å². The van der Waals surface area contributed by atoms with E-state index in [0.29, 0.717) is 6.42 Å². The molecule has 0 saturated heterocycles. The van der Waals surface area contributed by atoms with Gasteiger partial charge in [-0.25, -0.2) is 0 Å². The molecule has 0 saturated carbocycles. The summed E-state index contributed by atoms with van der Waals surface area (Å²) in [6.45, 7) is 1.78.